The molecule has 7 nitrogen and oxygen atoms in total. The number of aromatic nitrogens is 3. The van der Waals surface area contributed by atoms with Crippen LogP contribution in [0.5, 0.6) is 5.75 Å². The van der Waals surface area contributed by atoms with Crippen LogP contribution in [0.25, 0.3) is 0 Å². The van der Waals surface area contributed by atoms with Crippen molar-refractivity contribution in [3.8, 4) is 5.75 Å². The lowest BCUT2D eigenvalue weighted by Gasteiger charge is -2.13. The molecule has 30 heavy (non-hydrogen) atoms. The van der Waals surface area contributed by atoms with E-state index in [0.29, 0.717) is 13.2 Å². The highest BCUT2D eigenvalue weighted by molar-refractivity contribution is 14.0. The highest BCUT2D eigenvalue weighted by Crippen LogP contribution is 2.12. The second kappa shape index (κ2) is 12.8. The number of aliphatic imine (C=N–C) groups is 1. The summed E-state index contributed by atoms with van der Waals surface area (Å²) in [6, 6.07) is 18.2. The molecule has 0 fully saturated rings. The summed E-state index contributed by atoms with van der Waals surface area (Å²) in [5, 5.41) is 14.7. The van der Waals surface area contributed by atoms with Gasteiger partial charge in [-0.3, -0.25) is 4.99 Å². The molecule has 0 aliphatic carbocycles. The van der Waals surface area contributed by atoms with Crippen molar-refractivity contribution in [3.63, 3.8) is 0 Å². The minimum absolute atomic E-state index is 0. The van der Waals surface area contributed by atoms with E-state index in [1.807, 2.05) is 30.3 Å². The fraction of sp³-hybridized carbons (Fsp3) is 0.318. The Morgan fingerprint density at radius 2 is 1.87 bits per heavy atom. The molecule has 0 radical (unpaired) electrons. The topological polar surface area (TPSA) is 76.4 Å². The van der Waals surface area contributed by atoms with Crippen molar-refractivity contribution in [2.75, 3.05) is 13.6 Å². The van der Waals surface area contributed by atoms with Gasteiger partial charge in [-0.1, -0.05) is 49.4 Å². The van der Waals surface area contributed by atoms with Gasteiger partial charge in [0.1, 0.15) is 24.5 Å². The van der Waals surface area contributed by atoms with Crippen LogP contribution in [0.2, 0.25) is 0 Å². The molecule has 160 valence electrons. The lowest BCUT2D eigenvalue weighted by molar-refractivity contribution is 0.306. The smallest absolute Gasteiger partial charge is 0.191 e. The summed E-state index contributed by atoms with van der Waals surface area (Å²) >= 11 is 0. The molecule has 0 aliphatic heterocycles. The Morgan fingerprint density at radius 3 is 2.63 bits per heavy atom. The highest BCUT2D eigenvalue weighted by atomic mass is 127. The van der Waals surface area contributed by atoms with E-state index in [2.05, 4.69) is 61.6 Å². The maximum absolute atomic E-state index is 5.83. The van der Waals surface area contributed by atoms with Crippen LogP contribution in [-0.4, -0.2) is 34.3 Å². The first-order valence-electron chi connectivity index (χ1n) is 9.85. The molecule has 8 heteroatoms. The number of ether oxygens (including phenoxy) is 1. The Hall–Kier alpha value is -2.62. The molecule has 0 atom stereocenters. The average Bonchev–Trinajstić information content (AvgIpc) is 3.23. The van der Waals surface area contributed by atoms with E-state index < -0.39 is 0 Å². The van der Waals surface area contributed by atoms with Crippen LogP contribution in [0, 0.1) is 0 Å². The second-order valence-electron chi connectivity index (χ2n) is 6.57. The van der Waals surface area contributed by atoms with E-state index in [0.717, 1.165) is 42.6 Å². The fourth-order valence-corrected chi connectivity index (χ4v) is 2.95. The molecule has 2 N–H and O–H groups in total. The number of aryl methyl sites for hydroxylation is 1. The quantitative estimate of drug-likeness (QED) is 0.257. The number of rotatable bonds is 9. The SMILES string of the molecule is CCc1nncn1CCNC(=NC)NCc1cccc(COc2ccccc2)c1.I. The third kappa shape index (κ3) is 7.33. The van der Waals surface area contributed by atoms with E-state index in [1.54, 1.807) is 13.4 Å². The van der Waals surface area contributed by atoms with Crippen LogP contribution in [0.15, 0.2) is 65.9 Å². The summed E-state index contributed by atoms with van der Waals surface area (Å²) in [6.45, 7) is 4.85. The minimum atomic E-state index is 0. The van der Waals surface area contributed by atoms with Gasteiger partial charge < -0.3 is 19.9 Å². The summed E-state index contributed by atoms with van der Waals surface area (Å²) in [4.78, 5) is 4.29. The Labute approximate surface area is 195 Å². The first-order chi connectivity index (χ1) is 14.3. The third-order valence-electron chi connectivity index (χ3n) is 4.48. The van der Waals surface area contributed by atoms with E-state index in [9.17, 15) is 0 Å². The van der Waals surface area contributed by atoms with Gasteiger partial charge in [0.25, 0.3) is 0 Å². The van der Waals surface area contributed by atoms with Crippen molar-refractivity contribution in [3.05, 3.63) is 77.9 Å². The summed E-state index contributed by atoms with van der Waals surface area (Å²) < 4.78 is 7.88. The Bertz CT molecular complexity index is 913. The Morgan fingerprint density at radius 1 is 1.07 bits per heavy atom. The maximum Gasteiger partial charge on any atom is 0.191 e. The van der Waals surface area contributed by atoms with Gasteiger partial charge in [-0.15, -0.1) is 34.2 Å². The van der Waals surface area contributed by atoms with Gasteiger partial charge >= 0.3 is 0 Å². The molecule has 2 aromatic carbocycles. The molecule has 0 saturated carbocycles. The van der Waals surface area contributed by atoms with Crippen LogP contribution in [0.4, 0.5) is 0 Å². The normalized spacial score (nSPS) is 10.9. The first-order valence-corrected chi connectivity index (χ1v) is 9.85. The van der Waals surface area contributed by atoms with Crippen LogP contribution in [0.1, 0.15) is 23.9 Å². The third-order valence-corrected chi connectivity index (χ3v) is 4.48. The molecule has 1 aromatic heterocycles. The molecular formula is C22H29IN6O. The number of hydrogen-bond donors (Lipinski definition) is 2. The number of nitrogens with zero attached hydrogens (tertiary/aromatic N) is 4. The molecule has 0 amide bonds. The molecular weight excluding hydrogens is 491 g/mol. The molecule has 0 aliphatic rings. The van der Waals surface area contributed by atoms with Gasteiger partial charge in [-0.25, -0.2) is 0 Å². The number of guanidine groups is 1. The van der Waals surface area contributed by atoms with Gasteiger partial charge in [-0.2, -0.15) is 0 Å². The average molecular weight is 520 g/mol. The first kappa shape index (κ1) is 23.7. The van der Waals surface area contributed by atoms with E-state index in [4.69, 9.17) is 4.74 Å². The van der Waals surface area contributed by atoms with Gasteiger partial charge in [0, 0.05) is 33.1 Å². The number of halogens is 1. The molecule has 3 rings (SSSR count). The van der Waals surface area contributed by atoms with Crippen molar-refractivity contribution in [1.82, 2.24) is 25.4 Å². The monoisotopic (exact) mass is 520 g/mol. The number of para-hydroxylation sites is 1. The molecule has 0 bridgehead atoms. The van der Waals surface area contributed by atoms with Crippen molar-refractivity contribution in [2.24, 2.45) is 4.99 Å². The Balaban J connectivity index is 0.00000320. The van der Waals surface area contributed by atoms with Crippen molar-refractivity contribution >= 4 is 29.9 Å². The number of hydrogen-bond acceptors (Lipinski definition) is 4. The summed E-state index contributed by atoms with van der Waals surface area (Å²) in [7, 11) is 1.77. The summed E-state index contributed by atoms with van der Waals surface area (Å²) in [6.07, 6.45) is 2.64. The zero-order valence-electron chi connectivity index (χ0n) is 17.4. The minimum Gasteiger partial charge on any atom is -0.489 e. The standard InChI is InChI=1S/C22H28N6O.HI/c1-3-21-27-26-17-28(21)13-12-24-22(23-2)25-15-18-8-7-9-19(14-18)16-29-20-10-5-4-6-11-20;/h4-11,14,17H,3,12-13,15-16H2,1-2H3,(H2,23,24,25);1H. The van der Waals surface area contributed by atoms with Crippen molar-refractivity contribution < 1.29 is 4.74 Å². The van der Waals surface area contributed by atoms with E-state index >= 15 is 0 Å². The van der Waals surface area contributed by atoms with Crippen LogP contribution < -0.4 is 15.4 Å². The van der Waals surface area contributed by atoms with Gasteiger partial charge in [0.05, 0.1) is 0 Å². The van der Waals surface area contributed by atoms with Crippen molar-refractivity contribution in [2.45, 2.75) is 33.0 Å². The molecule has 3 aromatic rings. The van der Waals surface area contributed by atoms with Crippen molar-refractivity contribution in [1.29, 1.82) is 0 Å². The Kier molecular flexibility index (Phi) is 10.1. The second-order valence-corrected chi connectivity index (χ2v) is 6.57. The molecule has 0 spiro atoms. The summed E-state index contributed by atoms with van der Waals surface area (Å²) in [5.41, 5.74) is 2.31. The largest absolute Gasteiger partial charge is 0.489 e. The lowest BCUT2D eigenvalue weighted by Crippen LogP contribution is -2.38. The summed E-state index contributed by atoms with van der Waals surface area (Å²) in [5.74, 6) is 2.63. The van der Waals surface area contributed by atoms with Gasteiger partial charge in [0.2, 0.25) is 0 Å². The molecule has 0 saturated heterocycles. The van der Waals surface area contributed by atoms with E-state index in [-0.39, 0.29) is 24.0 Å². The zero-order valence-corrected chi connectivity index (χ0v) is 19.7. The maximum atomic E-state index is 5.83. The fourth-order valence-electron chi connectivity index (χ4n) is 2.95. The zero-order chi connectivity index (χ0) is 20.3. The number of nitrogens with one attached hydrogen (secondary N) is 2. The van der Waals surface area contributed by atoms with Crippen LogP contribution in [-0.2, 0) is 26.1 Å². The van der Waals surface area contributed by atoms with E-state index in [1.165, 1.54) is 5.56 Å². The number of benzene rings is 2. The highest BCUT2D eigenvalue weighted by Gasteiger charge is 2.03. The lowest BCUT2D eigenvalue weighted by atomic mass is 10.1. The van der Waals surface area contributed by atoms with Gasteiger partial charge in [0.15, 0.2) is 5.96 Å². The van der Waals surface area contributed by atoms with Crippen LogP contribution >= 0.6 is 24.0 Å². The molecule has 0 unspecified atom stereocenters. The molecule has 1 heterocycles. The predicted molar refractivity (Wildman–Crippen MR) is 130 cm³/mol. The van der Waals surface area contributed by atoms with Gasteiger partial charge in [-0.05, 0) is 23.3 Å². The van der Waals surface area contributed by atoms with Crippen LogP contribution in [0.3, 0.4) is 0 Å². The predicted octanol–water partition coefficient (Wildman–Crippen LogP) is 3.40.